The maximum atomic E-state index is 12.6. The van der Waals surface area contributed by atoms with Gasteiger partial charge in [-0.15, -0.1) is 0 Å². The fraction of sp³-hybridized carbons (Fsp3) is 0.706. The third kappa shape index (κ3) is 3.99. The number of hydrogen-bond donors (Lipinski definition) is 1. The van der Waals surface area contributed by atoms with Gasteiger partial charge in [0.05, 0.1) is 6.54 Å². The Morgan fingerprint density at radius 3 is 2.87 bits per heavy atom. The Kier molecular flexibility index (Phi) is 5.10. The van der Waals surface area contributed by atoms with Crippen molar-refractivity contribution in [3.05, 3.63) is 18.1 Å². The first-order valence-corrected chi connectivity index (χ1v) is 8.70. The molecule has 23 heavy (non-hydrogen) atoms. The van der Waals surface area contributed by atoms with Crippen molar-refractivity contribution in [3.63, 3.8) is 0 Å². The third-order valence-corrected chi connectivity index (χ3v) is 5.17. The smallest absolute Gasteiger partial charge is 0.225 e. The Labute approximate surface area is 138 Å². The summed E-state index contributed by atoms with van der Waals surface area (Å²) in [5, 5.41) is 0. The summed E-state index contributed by atoms with van der Waals surface area (Å²) in [5.74, 6) is 1.89. The second-order valence-electron chi connectivity index (χ2n) is 6.87. The van der Waals surface area contributed by atoms with Gasteiger partial charge in [0.1, 0.15) is 11.6 Å². The van der Waals surface area contributed by atoms with E-state index in [1.807, 2.05) is 0 Å². The summed E-state index contributed by atoms with van der Waals surface area (Å²) in [7, 11) is 2.08. The van der Waals surface area contributed by atoms with Crippen LogP contribution in [0.15, 0.2) is 12.3 Å². The first kappa shape index (κ1) is 16.2. The zero-order valence-corrected chi connectivity index (χ0v) is 13.9. The number of nitrogen functional groups attached to an aromatic ring is 1. The molecule has 1 aromatic rings. The van der Waals surface area contributed by atoms with Crippen LogP contribution in [0.25, 0.3) is 0 Å². The van der Waals surface area contributed by atoms with Crippen molar-refractivity contribution in [2.45, 2.75) is 51.1 Å². The van der Waals surface area contributed by atoms with Gasteiger partial charge in [-0.1, -0.05) is 19.3 Å². The quantitative estimate of drug-likeness (QED) is 0.914. The fourth-order valence-electron chi connectivity index (χ4n) is 3.75. The van der Waals surface area contributed by atoms with E-state index in [9.17, 15) is 4.79 Å². The summed E-state index contributed by atoms with van der Waals surface area (Å²) in [4.78, 5) is 25.5. The van der Waals surface area contributed by atoms with Gasteiger partial charge in [0.25, 0.3) is 0 Å². The predicted molar refractivity (Wildman–Crippen MR) is 89.5 cm³/mol. The van der Waals surface area contributed by atoms with Crippen LogP contribution in [0, 0.1) is 5.92 Å². The number of likely N-dealkylation sites (N-methyl/N-ethyl adjacent to an activating group) is 1. The van der Waals surface area contributed by atoms with Crippen LogP contribution in [0.1, 0.15) is 44.3 Å². The van der Waals surface area contributed by atoms with Gasteiger partial charge in [-0.2, -0.15) is 0 Å². The van der Waals surface area contributed by atoms with Crippen molar-refractivity contribution in [2.24, 2.45) is 5.92 Å². The van der Waals surface area contributed by atoms with Gasteiger partial charge in [0.2, 0.25) is 5.91 Å². The minimum Gasteiger partial charge on any atom is -0.384 e. The summed E-state index contributed by atoms with van der Waals surface area (Å²) in [5.41, 5.74) is 5.71. The van der Waals surface area contributed by atoms with E-state index in [1.165, 1.54) is 19.3 Å². The molecule has 2 N–H and O–H groups in total. The highest BCUT2D eigenvalue weighted by Crippen LogP contribution is 2.27. The molecule has 6 nitrogen and oxygen atoms in total. The number of anilines is 1. The molecule has 1 saturated heterocycles. The van der Waals surface area contributed by atoms with E-state index in [-0.39, 0.29) is 5.92 Å². The lowest BCUT2D eigenvalue weighted by molar-refractivity contribution is -0.135. The van der Waals surface area contributed by atoms with Crippen LogP contribution in [-0.4, -0.2) is 51.9 Å². The average Bonchev–Trinajstić information content (AvgIpc) is 3.05. The molecule has 2 fully saturated rings. The van der Waals surface area contributed by atoms with Gasteiger partial charge in [0, 0.05) is 31.2 Å². The second-order valence-corrected chi connectivity index (χ2v) is 6.87. The number of amides is 1. The maximum absolute atomic E-state index is 12.6. The summed E-state index contributed by atoms with van der Waals surface area (Å²) < 4.78 is 0. The van der Waals surface area contributed by atoms with Crippen LogP contribution in [0.4, 0.5) is 5.82 Å². The van der Waals surface area contributed by atoms with Crippen LogP contribution < -0.4 is 5.73 Å². The number of carbonyl (C=O) groups is 1. The molecule has 1 aliphatic heterocycles. The molecule has 1 aromatic heterocycles. The highest BCUT2D eigenvalue weighted by atomic mass is 16.2. The lowest BCUT2D eigenvalue weighted by atomic mass is 9.88. The average molecular weight is 317 g/mol. The van der Waals surface area contributed by atoms with Gasteiger partial charge in [-0.25, -0.2) is 9.97 Å². The Morgan fingerprint density at radius 1 is 1.35 bits per heavy atom. The van der Waals surface area contributed by atoms with E-state index in [1.54, 1.807) is 12.3 Å². The van der Waals surface area contributed by atoms with Crippen LogP contribution in [0.5, 0.6) is 0 Å². The van der Waals surface area contributed by atoms with Gasteiger partial charge >= 0.3 is 0 Å². The third-order valence-electron chi connectivity index (χ3n) is 5.17. The highest BCUT2D eigenvalue weighted by Gasteiger charge is 2.33. The Balaban J connectivity index is 1.53. The van der Waals surface area contributed by atoms with Crippen molar-refractivity contribution < 1.29 is 4.79 Å². The lowest BCUT2D eigenvalue weighted by Gasteiger charge is -2.27. The lowest BCUT2D eigenvalue weighted by Crippen LogP contribution is -2.39. The minimum atomic E-state index is 0.269. The molecule has 6 heteroatoms. The molecule has 2 heterocycles. The molecule has 0 spiro atoms. The molecule has 0 aromatic carbocycles. The van der Waals surface area contributed by atoms with Gasteiger partial charge in [0.15, 0.2) is 0 Å². The minimum absolute atomic E-state index is 0.269. The number of rotatable bonds is 4. The molecule has 126 valence electrons. The Hall–Kier alpha value is -1.69. The second kappa shape index (κ2) is 7.25. The van der Waals surface area contributed by atoms with Crippen LogP contribution in [-0.2, 0) is 11.3 Å². The van der Waals surface area contributed by atoms with Crippen molar-refractivity contribution in [1.29, 1.82) is 0 Å². The summed E-state index contributed by atoms with van der Waals surface area (Å²) in [6.45, 7) is 2.37. The molecule has 1 atom stereocenters. The first-order chi connectivity index (χ1) is 11.1. The SMILES string of the molecule is CN(Cc1nccc(N)n1)C1CCN(C(=O)C2CCCCC2)C1. The normalized spacial score (nSPS) is 22.7. The summed E-state index contributed by atoms with van der Waals surface area (Å²) in [6, 6.07) is 2.08. The number of nitrogens with zero attached hydrogens (tertiary/aromatic N) is 4. The van der Waals surface area contributed by atoms with Gasteiger partial charge in [-0.3, -0.25) is 9.69 Å². The van der Waals surface area contributed by atoms with E-state index >= 15 is 0 Å². The van der Waals surface area contributed by atoms with Crippen LogP contribution in [0.2, 0.25) is 0 Å². The molecule has 2 aliphatic rings. The molecular weight excluding hydrogens is 290 g/mol. The fourth-order valence-corrected chi connectivity index (χ4v) is 3.75. The molecule has 1 aliphatic carbocycles. The summed E-state index contributed by atoms with van der Waals surface area (Å²) in [6.07, 6.45) is 8.58. The number of aromatic nitrogens is 2. The summed E-state index contributed by atoms with van der Waals surface area (Å²) >= 11 is 0. The highest BCUT2D eigenvalue weighted by molar-refractivity contribution is 5.79. The number of likely N-dealkylation sites (tertiary alicyclic amines) is 1. The molecule has 0 radical (unpaired) electrons. The predicted octanol–water partition coefficient (Wildman–Crippen LogP) is 1.67. The first-order valence-electron chi connectivity index (χ1n) is 8.70. The van der Waals surface area contributed by atoms with E-state index in [4.69, 9.17) is 5.73 Å². The van der Waals surface area contributed by atoms with Crippen LogP contribution in [0.3, 0.4) is 0 Å². The number of nitrogens with two attached hydrogens (primary N) is 1. The van der Waals surface area contributed by atoms with Gasteiger partial charge in [-0.05, 0) is 32.4 Å². The molecule has 1 unspecified atom stereocenters. The van der Waals surface area contributed by atoms with E-state index in [0.29, 0.717) is 24.3 Å². The molecule has 3 rings (SSSR count). The zero-order chi connectivity index (χ0) is 16.2. The van der Waals surface area contributed by atoms with Crippen molar-refractivity contribution in [2.75, 3.05) is 25.9 Å². The number of hydrogen-bond acceptors (Lipinski definition) is 5. The van der Waals surface area contributed by atoms with Crippen molar-refractivity contribution in [1.82, 2.24) is 19.8 Å². The van der Waals surface area contributed by atoms with E-state index in [0.717, 1.165) is 38.2 Å². The van der Waals surface area contributed by atoms with Gasteiger partial charge < -0.3 is 10.6 Å². The monoisotopic (exact) mass is 317 g/mol. The largest absolute Gasteiger partial charge is 0.384 e. The van der Waals surface area contributed by atoms with E-state index < -0.39 is 0 Å². The molecule has 0 bridgehead atoms. The van der Waals surface area contributed by atoms with Crippen molar-refractivity contribution >= 4 is 11.7 Å². The Morgan fingerprint density at radius 2 is 2.13 bits per heavy atom. The molecule has 1 amide bonds. The van der Waals surface area contributed by atoms with Crippen LogP contribution >= 0.6 is 0 Å². The zero-order valence-electron chi connectivity index (χ0n) is 13.9. The van der Waals surface area contributed by atoms with E-state index in [2.05, 4.69) is 26.8 Å². The topological polar surface area (TPSA) is 75.4 Å². The molecule has 1 saturated carbocycles. The molecular formula is C17H27N5O. The maximum Gasteiger partial charge on any atom is 0.225 e. The Bertz CT molecular complexity index is 544. The van der Waals surface area contributed by atoms with Crippen molar-refractivity contribution in [3.8, 4) is 0 Å². The number of carbonyl (C=O) groups excluding carboxylic acids is 1. The standard InChI is InChI=1S/C17H27N5O/c1-21(12-16-19-9-7-15(18)20-16)14-8-10-22(11-14)17(23)13-5-3-2-4-6-13/h7,9,13-14H,2-6,8,10-12H2,1H3,(H2,18,19,20).